The third kappa shape index (κ3) is 3.70. The molecule has 0 saturated carbocycles. The van der Waals surface area contributed by atoms with Crippen molar-refractivity contribution in [2.45, 2.75) is 44.6 Å². The predicted octanol–water partition coefficient (Wildman–Crippen LogP) is 1.49. The molecule has 4 heterocycles. The van der Waals surface area contributed by atoms with Gasteiger partial charge in [-0.15, -0.1) is 0 Å². The molecular weight excluding hydrogens is 356 g/mol. The molecule has 28 heavy (non-hydrogen) atoms. The quantitative estimate of drug-likeness (QED) is 0.772. The minimum Gasteiger partial charge on any atom is -0.341 e. The van der Waals surface area contributed by atoms with Crippen LogP contribution in [-0.2, 0) is 4.79 Å². The topological polar surface area (TPSA) is 81.7 Å². The fourth-order valence-electron chi connectivity index (χ4n) is 4.68. The highest BCUT2D eigenvalue weighted by Crippen LogP contribution is 2.31. The maximum absolute atomic E-state index is 13.1. The Hall–Kier alpha value is -2.22. The molecule has 1 N–H and O–H groups in total. The van der Waals surface area contributed by atoms with E-state index in [1.54, 1.807) is 12.4 Å². The van der Waals surface area contributed by atoms with E-state index in [4.69, 9.17) is 0 Å². The monoisotopic (exact) mass is 386 g/mol. The van der Waals surface area contributed by atoms with Gasteiger partial charge in [-0.3, -0.25) is 9.69 Å². The highest BCUT2D eigenvalue weighted by atomic mass is 16.2. The van der Waals surface area contributed by atoms with Gasteiger partial charge in [0.25, 0.3) is 5.91 Å². The maximum atomic E-state index is 13.1. The number of likely N-dealkylation sites (tertiary alicyclic amines) is 1. The molecule has 8 heteroatoms. The van der Waals surface area contributed by atoms with E-state index in [0.717, 1.165) is 70.8 Å². The Morgan fingerprint density at radius 3 is 2.43 bits per heavy atom. The van der Waals surface area contributed by atoms with Crippen molar-refractivity contribution in [1.29, 1.82) is 0 Å². The maximum Gasteiger partial charge on any atom is 0.325 e. The minimum atomic E-state index is -0.667. The van der Waals surface area contributed by atoms with Crippen LogP contribution in [0.2, 0.25) is 0 Å². The number of piperidine rings is 2. The number of carbonyl (C=O) groups excluding carboxylic acids is 2. The number of amides is 3. The lowest BCUT2D eigenvalue weighted by Crippen LogP contribution is -2.55. The van der Waals surface area contributed by atoms with Gasteiger partial charge < -0.3 is 15.1 Å². The van der Waals surface area contributed by atoms with Gasteiger partial charge in [0.15, 0.2) is 0 Å². The summed E-state index contributed by atoms with van der Waals surface area (Å²) < 4.78 is 0. The van der Waals surface area contributed by atoms with E-state index in [-0.39, 0.29) is 11.9 Å². The lowest BCUT2D eigenvalue weighted by atomic mass is 9.87. The van der Waals surface area contributed by atoms with Gasteiger partial charge in [-0.1, -0.05) is 6.92 Å². The van der Waals surface area contributed by atoms with Crippen LogP contribution in [0.5, 0.6) is 0 Å². The number of imide groups is 1. The Balaban J connectivity index is 1.32. The highest BCUT2D eigenvalue weighted by molar-refractivity contribution is 6.07. The largest absolute Gasteiger partial charge is 0.341 e. The Kier molecular flexibility index (Phi) is 5.48. The number of urea groups is 1. The third-order valence-corrected chi connectivity index (χ3v) is 6.39. The van der Waals surface area contributed by atoms with E-state index < -0.39 is 5.54 Å². The van der Waals surface area contributed by atoms with Crippen LogP contribution in [0.15, 0.2) is 18.5 Å². The lowest BCUT2D eigenvalue weighted by Gasteiger charge is -2.37. The van der Waals surface area contributed by atoms with Crippen molar-refractivity contribution >= 4 is 17.9 Å². The number of nitrogens with one attached hydrogen (secondary N) is 1. The Bertz CT molecular complexity index is 696. The van der Waals surface area contributed by atoms with Gasteiger partial charge >= 0.3 is 6.03 Å². The summed E-state index contributed by atoms with van der Waals surface area (Å²) in [5.41, 5.74) is -0.667. The molecule has 8 nitrogen and oxygen atoms in total. The fraction of sp³-hybridized carbons (Fsp3) is 0.700. The number of rotatable bonds is 5. The summed E-state index contributed by atoms with van der Waals surface area (Å²) in [5.74, 6) is 1.08. The molecule has 152 valence electrons. The summed E-state index contributed by atoms with van der Waals surface area (Å²) in [6, 6.07) is 1.61. The molecule has 1 spiro atoms. The zero-order valence-corrected chi connectivity index (χ0v) is 16.6. The van der Waals surface area contributed by atoms with E-state index in [1.807, 2.05) is 6.07 Å². The SMILES string of the molecule is CCCN1CCC2(CC1)NC(=O)N(CC1CCN(c3ncccn3)CC1)C2=O. The fourth-order valence-corrected chi connectivity index (χ4v) is 4.68. The van der Waals surface area contributed by atoms with Crippen LogP contribution >= 0.6 is 0 Å². The van der Waals surface area contributed by atoms with Crippen LogP contribution in [0.4, 0.5) is 10.7 Å². The van der Waals surface area contributed by atoms with Gasteiger partial charge in [-0.25, -0.2) is 14.8 Å². The molecule has 3 aliphatic rings. The number of hydrogen-bond donors (Lipinski definition) is 1. The Morgan fingerprint density at radius 1 is 1.11 bits per heavy atom. The van der Waals surface area contributed by atoms with Gasteiger partial charge in [0.1, 0.15) is 5.54 Å². The van der Waals surface area contributed by atoms with Crippen LogP contribution in [-0.4, -0.2) is 76.5 Å². The van der Waals surface area contributed by atoms with E-state index >= 15 is 0 Å². The molecule has 0 radical (unpaired) electrons. The molecule has 1 aromatic rings. The van der Waals surface area contributed by atoms with Crippen molar-refractivity contribution in [1.82, 2.24) is 25.1 Å². The second kappa shape index (κ2) is 8.03. The zero-order chi connectivity index (χ0) is 19.6. The van der Waals surface area contributed by atoms with Crippen molar-refractivity contribution in [2.75, 3.05) is 44.2 Å². The minimum absolute atomic E-state index is 0.0116. The standard InChI is InChI=1S/C20H30N6O2/c1-2-10-24-13-6-20(7-14-24)17(27)26(19(28)23-20)15-16-4-11-25(12-5-16)18-21-8-3-9-22-18/h3,8-9,16H,2,4-7,10-15H2,1H3,(H,23,28). The van der Waals surface area contributed by atoms with Crippen LogP contribution in [0.1, 0.15) is 39.0 Å². The summed E-state index contributed by atoms with van der Waals surface area (Å²) >= 11 is 0. The molecule has 0 bridgehead atoms. The first-order valence-corrected chi connectivity index (χ1v) is 10.5. The lowest BCUT2D eigenvalue weighted by molar-refractivity contribution is -0.133. The van der Waals surface area contributed by atoms with Gasteiger partial charge in [0.2, 0.25) is 5.95 Å². The van der Waals surface area contributed by atoms with E-state index in [0.29, 0.717) is 12.5 Å². The van der Waals surface area contributed by atoms with Crippen molar-refractivity contribution in [3.8, 4) is 0 Å². The molecule has 0 atom stereocenters. The molecule has 0 aliphatic carbocycles. The molecular formula is C20H30N6O2. The second-order valence-electron chi connectivity index (χ2n) is 8.25. The first-order valence-electron chi connectivity index (χ1n) is 10.5. The number of anilines is 1. The van der Waals surface area contributed by atoms with Crippen LogP contribution in [0.3, 0.4) is 0 Å². The van der Waals surface area contributed by atoms with Gasteiger partial charge in [0, 0.05) is 45.1 Å². The van der Waals surface area contributed by atoms with Crippen LogP contribution in [0, 0.1) is 5.92 Å². The third-order valence-electron chi connectivity index (χ3n) is 6.39. The Labute approximate surface area is 166 Å². The van der Waals surface area contributed by atoms with Crippen molar-refractivity contribution in [2.24, 2.45) is 5.92 Å². The van der Waals surface area contributed by atoms with Gasteiger partial charge in [-0.05, 0) is 50.6 Å². The van der Waals surface area contributed by atoms with Crippen LogP contribution in [0.25, 0.3) is 0 Å². The number of nitrogens with zero attached hydrogens (tertiary/aromatic N) is 5. The van der Waals surface area contributed by atoms with E-state index in [2.05, 4.69) is 32.0 Å². The molecule has 4 rings (SSSR count). The molecule has 1 aromatic heterocycles. The second-order valence-corrected chi connectivity index (χ2v) is 8.25. The number of hydrogen-bond acceptors (Lipinski definition) is 6. The smallest absolute Gasteiger partial charge is 0.325 e. The Morgan fingerprint density at radius 2 is 1.79 bits per heavy atom. The molecule has 3 amide bonds. The normalized spacial score (nSPS) is 23.5. The summed E-state index contributed by atoms with van der Waals surface area (Å²) in [5, 5.41) is 3.04. The molecule has 3 saturated heterocycles. The first-order chi connectivity index (χ1) is 13.6. The van der Waals surface area contributed by atoms with Crippen LogP contribution < -0.4 is 10.2 Å². The number of aromatic nitrogens is 2. The summed E-state index contributed by atoms with van der Waals surface area (Å²) in [7, 11) is 0. The number of carbonyl (C=O) groups is 2. The average molecular weight is 387 g/mol. The molecule has 3 aliphatic heterocycles. The molecule has 3 fully saturated rings. The summed E-state index contributed by atoms with van der Waals surface area (Å²) in [6.45, 7) is 7.22. The summed E-state index contributed by atoms with van der Waals surface area (Å²) in [6.07, 6.45) is 7.95. The van der Waals surface area contributed by atoms with E-state index in [1.165, 1.54) is 4.90 Å². The highest BCUT2D eigenvalue weighted by Gasteiger charge is 2.52. The predicted molar refractivity (Wildman–Crippen MR) is 106 cm³/mol. The van der Waals surface area contributed by atoms with E-state index in [9.17, 15) is 9.59 Å². The van der Waals surface area contributed by atoms with Gasteiger partial charge in [-0.2, -0.15) is 0 Å². The van der Waals surface area contributed by atoms with Crippen molar-refractivity contribution < 1.29 is 9.59 Å². The summed E-state index contributed by atoms with van der Waals surface area (Å²) in [4.78, 5) is 40.4. The molecule has 0 unspecified atom stereocenters. The first kappa shape index (κ1) is 19.1. The zero-order valence-electron chi connectivity index (χ0n) is 16.6. The van der Waals surface area contributed by atoms with Gasteiger partial charge in [0.05, 0.1) is 0 Å². The average Bonchev–Trinajstić information content (AvgIpc) is 2.95. The van der Waals surface area contributed by atoms with Crippen molar-refractivity contribution in [3.63, 3.8) is 0 Å². The molecule has 0 aromatic carbocycles. The van der Waals surface area contributed by atoms with Crippen molar-refractivity contribution in [3.05, 3.63) is 18.5 Å².